The van der Waals surface area contributed by atoms with Crippen LogP contribution in [0, 0.1) is 17.8 Å². The maximum Gasteiger partial charge on any atom is 0.337 e. The van der Waals surface area contributed by atoms with E-state index in [0.717, 1.165) is 30.5 Å². The Morgan fingerprint density at radius 1 is 1.39 bits per heavy atom. The summed E-state index contributed by atoms with van der Waals surface area (Å²) in [7, 11) is 0. The van der Waals surface area contributed by atoms with Crippen LogP contribution in [0.3, 0.4) is 0 Å². The molecule has 3 aliphatic rings. The van der Waals surface area contributed by atoms with Crippen LogP contribution in [0.1, 0.15) is 38.1 Å². The van der Waals surface area contributed by atoms with Gasteiger partial charge >= 0.3 is 5.97 Å². The molecule has 2 unspecified atom stereocenters. The number of halogens is 1. The lowest BCUT2D eigenvalue weighted by atomic mass is 9.75. The Bertz CT molecular complexity index is 1010. The first-order valence-electron chi connectivity index (χ1n) is 12.5. The highest BCUT2D eigenvalue weighted by Gasteiger charge is 2.41. The van der Waals surface area contributed by atoms with Crippen LogP contribution in [0.4, 0.5) is 4.39 Å². The van der Waals surface area contributed by atoms with Gasteiger partial charge in [-0.05, 0) is 39.0 Å². The van der Waals surface area contributed by atoms with Crippen molar-refractivity contribution in [2.45, 2.75) is 38.8 Å². The first kappa shape index (κ1) is 26.4. The average Bonchev–Trinajstić information content (AvgIpc) is 3.37. The third-order valence-corrected chi connectivity index (χ3v) is 8.16. The summed E-state index contributed by atoms with van der Waals surface area (Å²) in [6.45, 7) is 6.08. The molecule has 196 valence electrons. The first-order valence-corrected chi connectivity index (χ1v) is 13.4. The molecule has 1 aliphatic carbocycles. The Morgan fingerprint density at radius 2 is 2.19 bits per heavy atom. The highest BCUT2D eigenvalue weighted by atomic mass is 32.1. The molecule has 9 nitrogen and oxygen atoms in total. The number of likely N-dealkylation sites (tertiary alicyclic amines) is 1. The molecule has 0 spiro atoms. The van der Waals surface area contributed by atoms with Crippen LogP contribution >= 0.6 is 11.3 Å². The third-order valence-electron chi connectivity index (χ3n) is 7.38. The predicted molar refractivity (Wildman–Crippen MR) is 134 cm³/mol. The van der Waals surface area contributed by atoms with Crippen LogP contribution < -0.4 is 5.32 Å². The smallest absolute Gasteiger partial charge is 0.337 e. The van der Waals surface area contributed by atoms with E-state index in [0.29, 0.717) is 62.2 Å². The summed E-state index contributed by atoms with van der Waals surface area (Å²) in [4.78, 5) is 47.9. The minimum absolute atomic E-state index is 0.0859. The molecule has 4 rings (SSSR count). The van der Waals surface area contributed by atoms with E-state index in [-0.39, 0.29) is 25.0 Å². The van der Waals surface area contributed by atoms with Gasteiger partial charge in [-0.3, -0.25) is 14.7 Å². The normalized spacial score (nSPS) is 28.5. The summed E-state index contributed by atoms with van der Waals surface area (Å²) in [5, 5.41) is 5.87. The fraction of sp³-hybridized carbons (Fsp3) is 0.640. The molecule has 11 heteroatoms. The number of alkyl halides is 1. The summed E-state index contributed by atoms with van der Waals surface area (Å²) in [6.07, 6.45) is 5.38. The van der Waals surface area contributed by atoms with Crippen molar-refractivity contribution < 1.29 is 23.5 Å². The summed E-state index contributed by atoms with van der Waals surface area (Å²) in [5.74, 6) is 0.206. The van der Waals surface area contributed by atoms with Gasteiger partial charge in [-0.25, -0.2) is 14.2 Å². The minimum atomic E-state index is -1.41. The van der Waals surface area contributed by atoms with Crippen LogP contribution in [0.2, 0.25) is 0 Å². The lowest BCUT2D eigenvalue weighted by Gasteiger charge is -2.44. The van der Waals surface area contributed by atoms with Crippen molar-refractivity contribution in [2.75, 3.05) is 45.9 Å². The molecule has 1 saturated heterocycles. The van der Waals surface area contributed by atoms with E-state index in [4.69, 9.17) is 4.74 Å². The number of aromatic nitrogens is 1. The van der Waals surface area contributed by atoms with E-state index in [1.165, 1.54) is 11.3 Å². The molecule has 36 heavy (non-hydrogen) atoms. The Balaban J connectivity index is 1.44. The lowest BCUT2D eigenvalue weighted by Crippen LogP contribution is -2.53. The number of carbonyl (C=O) groups is 3. The number of ether oxygens (including phenoxy) is 1. The molecule has 1 aromatic heterocycles. The highest BCUT2D eigenvalue weighted by Crippen LogP contribution is 2.35. The van der Waals surface area contributed by atoms with Crippen molar-refractivity contribution in [1.82, 2.24) is 20.1 Å². The quantitative estimate of drug-likeness (QED) is 0.352. The van der Waals surface area contributed by atoms with Crippen molar-refractivity contribution in [1.29, 1.82) is 0 Å². The van der Waals surface area contributed by atoms with Gasteiger partial charge in [0.25, 0.3) is 0 Å². The van der Waals surface area contributed by atoms with Crippen LogP contribution in [0.15, 0.2) is 27.8 Å². The number of nitrogens with one attached hydrogen (secondary N) is 1. The van der Waals surface area contributed by atoms with Gasteiger partial charge in [0.1, 0.15) is 12.0 Å². The fourth-order valence-corrected chi connectivity index (χ4v) is 5.73. The van der Waals surface area contributed by atoms with Crippen molar-refractivity contribution in [3.05, 3.63) is 27.9 Å². The van der Waals surface area contributed by atoms with Gasteiger partial charge in [0.15, 0.2) is 10.8 Å². The number of esters is 1. The topological polar surface area (TPSA) is 104 Å². The maximum absolute atomic E-state index is 15.5. The summed E-state index contributed by atoms with van der Waals surface area (Å²) in [6, 6.07) is 0. The number of piperidine rings is 1. The van der Waals surface area contributed by atoms with Gasteiger partial charge < -0.3 is 19.7 Å². The van der Waals surface area contributed by atoms with E-state index in [2.05, 4.69) is 20.2 Å². The lowest BCUT2D eigenvalue weighted by molar-refractivity contribution is -0.138. The van der Waals surface area contributed by atoms with Gasteiger partial charge in [-0.2, -0.15) is 0 Å². The number of hydrogen-bond acceptors (Lipinski definition) is 9. The maximum atomic E-state index is 15.5. The highest BCUT2D eigenvalue weighted by molar-refractivity contribution is 7.11. The monoisotopic (exact) mass is 519 g/mol. The zero-order valence-electron chi connectivity index (χ0n) is 20.8. The molecule has 1 amide bonds. The zero-order chi connectivity index (χ0) is 25.7. The number of carbonyl (C=O) groups excluding carboxylic acids is 3. The second-order valence-corrected chi connectivity index (χ2v) is 11.0. The SMILES string of the molecule is CCOC(=O)C1=C(CN2CCC(C)(F)C(CN(C=O)CC3CC(C=O)C3)C2)NC(c2nccs2)=NC1. The summed E-state index contributed by atoms with van der Waals surface area (Å²) in [5.41, 5.74) is -0.253. The molecular formula is C25H34FN5O4S. The van der Waals surface area contributed by atoms with E-state index >= 15 is 4.39 Å². The second kappa shape index (κ2) is 11.6. The average molecular weight is 520 g/mol. The van der Waals surface area contributed by atoms with Gasteiger partial charge in [-0.15, -0.1) is 11.3 Å². The molecule has 2 fully saturated rings. The molecule has 1 aromatic rings. The van der Waals surface area contributed by atoms with Gasteiger partial charge in [0.2, 0.25) is 6.41 Å². The van der Waals surface area contributed by atoms with Gasteiger partial charge in [0.05, 0.1) is 18.7 Å². The Hall–Kier alpha value is -2.66. The molecule has 1 saturated carbocycles. The summed E-state index contributed by atoms with van der Waals surface area (Å²) < 4.78 is 20.8. The van der Waals surface area contributed by atoms with Crippen LogP contribution in [-0.4, -0.2) is 90.8 Å². The van der Waals surface area contributed by atoms with Gasteiger partial charge in [0, 0.05) is 61.8 Å². The van der Waals surface area contributed by atoms with Crippen molar-refractivity contribution in [3.8, 4) is 0 Å². The van der Waals surface area contributed by atoms with E-state index in [1.54, 1.807) is 24.9 Å². The van der Waals surface area contributed by atoms with Crippen LogP contribution in [0.25, 0.3) is 0 Å². The Kier molecular flexibility index (Phi) is 8.50. The van der Waals surface area contributed by atoms with E-state index in [9.17, 15) is 14.4 Å². The van der Waals surface area contributed by atoms with E-state index in [1.807, 2.05) is 5.38 Å². The number of nitrogens with zero attached hydrogens (tertiary/aromatic N) is 4. The number of amidine groups is 1. The van der Waals surface area contributed by atoms with Crippen LogP contribution in [-0.2, 0) is 19.1 Å². The van der Waals surface area contributed by atoms with Crippen molar-refractivity contribution in [2.24, 2.45) is 22.7 Å². The number of thiazole rings is 1. The molecule has 3 heterocycles. The molecule has 2 aliphatic heterocycles. The summed E-state index contributed by atoms with van der Waals surface area (Å²) >= 11 is 1.46. The molecule has 0 radical (unpaired) electrons. The standard InChI is InChI=1S/C25H34FN5O4S/c1-3-35-24(34)20-10-28-22(23-27-5-7-36-23)29-21(20)14-30-6-4-25(2,26)19(12-30)13-31(16-33)11-17-8-18(9-17)15-32/h5,7,15-19H,3-4,6,8-14H2,1-2H3,(H,28,29). The number of rotatable bonds is 11. The predicted octanol–water partition coefficient (Wildman–Crippen LogP) is 2.04. The fourth-order valence-electron chi connectivity index (χ4n) is 5.13. The molecule has 2 atom stereocenters. The molecule has 0 bridgehead atoms. The first-order chi connectivity index (χ1) is 17.3. The Morgan fingerprint density at radius 3 is 2.86 bits per heavy atom. The van der Waals surface area contributed by atoms with Crippen molar-refractivity contribution in [3.63, 3.8) is 0 Å². The second-order valence-electron chi connectivity index (χ2n) is 10.1. The molecular weight excluding hydrogens is 485 g/mol. The number of aldehydes is 1. The van der Waals surface area contributed by atoms with Crippen molar-refractivity contribution >= 4 is 35.8 Å². The Labute approximate surface area is 214 Å². The molecule has 1 N–H and O–H groups in total. The zero-order valence-corrected chi connectivity index (χ0v) is 21.6. The van der Waals surface area contributed by atoms with E-state index < -0.39 is 11.6 Å². The largest absolute Gasteiger partial charge is 0.463 e. The number of hydrogen-bond donors (Lipinski definition) is 1. The minimum Gasteiger partial charge on any atom is -0.463 e. The van der Waals surface area contributed by atoms with Crippen LogP contribution in [0.5, 0.6) is 0 Å². The third kappa shape index (κ3) is 6.18. The molecule has 0 aromatic carbocycles. The number of aliphatic imine (C=N–C) groups is 1. The number of amides is 1. The van der Waals surface area contributed by atoms with Gasteiger partial charge in [-0.1, -0.05) is 0 Å².